The minimum absolute atomic E-state index is 0.0282. The molecule has 0 aromatic heterocycles. The molecule has 0 radical (unpaired) electrons. The molecule has 4 aromatic carbocycles. The molecule has 0 spiro atoms. The number of aryl methyl sites for hydroxylation is 1. The van der Waals surface area contributed by atoms with Gasteiger partial charge in [-0.1, -0.05) is 64.5 Å². The summed E-state index contributed by atoms with van der Waals surface area (Å²) in [6.45, 7) is 5.52. The van der Waals surface area contributed by atoms with Crippen LogP contribution in [0.5, 0.6) is 5.75 Å². The molecule has 1 N–H and O–H groups in total. The Morgan fingerprint density at radius 2 is 1.54 bits per heavy atom. The highest BCUT2D eigenvalue weighted by Crippen LogP contribution is 2.38. The number of Topliss-reactive ketones (excluding diaryl/α,β-unsaturated/α-hetero) is 1. The molecular weight excluding hydrogens is 646 g/mol. The van der Waals surface area contributed by atoms with Gasteiger partial charge in [-0.25, -0.2) is 4.79 Å². The molecule has 1 amide bonds. The molecule has 238 valence electrons. The SMILES string of the molecule is COC(=O)c1cc(Br)c(CC(=O)NN(c2ccc(-c3ccc(C(C)=O)cc3)cc2)c2c(C)cccc2N2CCCCC2)cc1OC. The number of piperidine rings is 1. The van der Waals surface area contributed by atoms with E-state index < -0.39 is 5.97 Å². The van der Waals surface area contributed by atoms with Crippen molar-refractivity contribution in [1.82, 2.24) is 5.43 Å². The molecule has 8 nitrogen and oxygen atoms in total. The second-order valence-electron chi connectivity index (χ2n) is 11.4. The van der Waals surface area contributed by atoms with E-state index in [1.165, 1.54) is 20.6 Å². The number of rotatable bonds is 10. The van der Waals surface area contributed by atoms with Gasteiger partial charge < -0.3 is 14.4 Å². The van der Waals surface area contributed by atoms with Crippen LogP contribution >= 0.6 is 15.9 Å². The first-order valence-electron chi connectivity index (χ1n) is 15.3. The Hall–Kier alpha value is -4.63. The van der Waals surface area contributed by atoms with Gasteiger partial charge in [0.1, 0.15) is 11.3 Å². The molecule has 1 aliphatic rings. The van der Waals surface area contributed by atoms with Crippen LogP contribution in [0.3, 0.4) is 0 Å². The highest BCUT2D eigenvalue weighted by atomic mass is 79.9. The topological polar surface area (TPSA) is 88.2 Å². The van der Waals surface area contributed by atoms with Gasteiger partial charge in [0.05, 0.1) is 37.7 Å². The molecule has 1 heterocycles. The zero-order valence-corrected chi connectivity index (χ0v) is 28.1. The third-order valence-corrected chi connectivity index (χ3v) is 8.99. The van der Waals surface area contributed by atoms with Crippen molar-refractivity contribution in [3.8, 4) is 16.9 Å². The standard InChI is InChI=1S/C37H38BrN3O5/c1-24-9-8-10-33(40-19-6-5-7-20-40)36(24)41(30-17-15-28(16-18-30)27-13-11-26(12-14-27)25(2)42)39-35(43)22-29-21-34(45-3)31(23-32(29)38)37(44)46-4/h8-18,21,23H,5-7,19-20,22H2,1-4H3,(H,39,43). The van der Waals surface area contributed by atoms with Crippen LogP contribution in [0.1, 0.15) is 58.0 Å². The van der Waals surface area contributed by atoms with Gasteiger partial charge in [-0.3, -0.25) is 20.0 Å². The quantitative estimate of drug-likeness (QED) is 0.104. The summed E-state index contributed by atoms with van der Waals surface area (Å²) in [6, 6.07) is 25.1. The molecule has 4 aromatic rings. The molecule has 9 heteroatoms. The average Bonchev–Trinajstić information content (AvgIpc) is 3.08. The van der Waals surface area contributed by atoms with E-state index in [4.69, 9.17) is 9.47 Å². The van der Waals surface area contributed by atoms with E-state index in [1.54, 1.807) is 19.1 Å². The number of hydrazine groups is 1. The lowest BCUT2D eigenvalue weighted by Gasteiger charge is -2.35. The van der Waals surface area contributed by atoms with Crippen LogP contribution in [-0.2, 0) is 16.0 Å². The summed E-state index contributed by atoms with van der Waals surface area (Å²) in [4.78, 5) is 40.2. The van der Waals surface area contributed by atoms with Crippen molar-refractivity contribution in [3.05, 3.63) is 106 Å². The van der Waals surface area contributed by atoms with Crippen LogP contribution in [-0.4, -0.2) is 45.0 Å². The maximum atomic E-state index is 13.8. The predicted molar refractivity (Wildman–Crippen MR) is 185 cm³/mol. The third-order valence-electron chi connectivity index (χ3n) is 8.25. The fourth-order valence-corrected chi connectivity index (χ4v) is 6.26. The summed E-state index contributed by atoms with van der Waals surface area (Å²) >= 11 is 3.53. The molecule has 0 unspecified atom stereocenters. The van der Waals surface area contributed by atoms with Crippen molar-refractivity contribution in [2.24, 2.45) is 0 Å². The summed E-state index contributed by atoms with van der Waals surface area (Å²) in [5.41, 5.74) is 10.6. The van der Waals surface area contributed by atoms with Crippen LogP contribution in [0.4, 0.5) is 17.1 Å². The predicted octanol–water partition coefficient (Wildman–Crippen LogP) is 7.82. The van der Waals surface area contributed by atoms with Crippen LogP contribution in [0.15, 0.2) is 83.3 Å². The number of esters is 1. The second-order valence-corrected chi connectivity index (χ2v) is 12.2. The Labute approximate surface area is 278 Å². The number of ketones is 1. The second kappa shape index (κ2) is 14.6. The lowest BCUT2D eigenvalue weighted by Crippen LogP contribution is -2.41. The molecule has 1 saturated heterocycles. The van der Waals surface area contributed by atoms with Crippen molar-refractivity contribution in [2.45, 2.75) is 39.5 Å². The summed E-state index contributed by atoms with van der Waals surface area (Å²) in [5, 5.41) is 1.87. The van der Waals surface area contributed by atoms with Gasteiger partial charge in [0.25, 0.3) is 0 Å². The van der Waals surface area contributed by atoms with E-state index in [2.05, 4.69) is 51.4 Å². The summed E-state index contributed by atoms with van der Waals surface area (Å²) in [6.07, 6.45) is 3.48. The average molecular weight is 685 g/mol. The largest absolute Gasteiger partial charge is 0.496 e. The number of amides is 1. The van der Waals surface area contributed by atoms with Crippen LogP contribution < -0.4 is 20.1 Å². The van der Waals surface area contributed by atoms with Gasteiger partial charge in [-0.15, -0.1) is 0 Å². The van der Waals surface area contributed by atoms with Gasteiger partial charge in [0.15, 0.2) is 5.78 Å². The van der Waals surface area contributed by atoms with E-state index in [1.807, 2.05) is 53.5 Å². The van der Waals surface area contributed by atoms with E-state index in [0.717, 1.165) is 59.7 Å². The third kappa shape index (κ3) is 7.26. The highest BCUT2D eigenvalue weighted by molar-refractivity contribution is 9.10. The van der Waals surface area contributed by atoms with Crippen molar-refractivity contribution in [2.75, 3.05) is 37.2 Å². The maximum absolute atomic E-state index is 13.8. The first-order chi connectivity index (χ1) is 22.2. The fraction of sp³-hybridized carbons (Fsp3) is 0.270. The van der Waals surface area contributed by atoms with E-state index in [0.29, 0.717) is 21.3 Å². The van der Waals surface area contributed by atoms with E-state index in [9.17, 15) is 14.4 Å². The Bertz CT molecular complexity index is 1730. The zero-order chi connectivity index (χ0) is 32.8. The number of benzene rings is 4. The minimum atomic E-state index is -0.525. The van der Waals surface area contributed by atoms with Crippen molar-refractivity contribution in [3.63, 3.8) is 0 Å². The Balaban J connectivity index is 1.51. The monoisotopic (exact) mass is 683 g/mol. The molecular formula is C37H38BrN3O5. The lowest BCUT2D eigenvalue weighted by molar-refractivity contribution is -0.120. The van der Waals surface area contributed by atoms with Crippen LogP contribution in [0.2, 0.25) is 0 Å². The number of anilines is 3. The number of nitrogens with zero attached hydrogens (tertiary/aromatic N) is 2. The van der Waals surface area contributed by atoms with Crippen molar-refractivity contribution in [1.29, 1.82) is 0 Å². The Kier molecular flexibility index (Phi) is 10.4. The molecule has 1 fully saturated rings. The van der Waals surface area contributed by atoms with Gasteiger partial charge in [0, 0.05) is 23.1 Å². The molecule has 0 atom stereocenters. The van der Waals surface area contributed by atoms with E-state index in [-0.39, 0.29) is 23.7 Å². The van der Waals surface area contributed by atoms with Gasteiger partial charge >= 0.3 is 5.97 Å². The molecule has 0 saturated carbocycles. The van der Waals surface area contributed by atoms with Crippen molar-refractivity contribution < 1.29 is 23.9 Å². The van der Waals surface area contributed by atoms with Gasteiger partial charge in [0.2, 0.25) is 5.91 Å². The molecule has 5 rings (SSSR count). The number of carbonyl (C=O) groups is 3. The number of halogens is 1. The molecule has 46 heavy (non-hydrogen) atoms. The molecule has 0 aliphatic carbocycles. The number of hydrogen-bond donors (Lipinski definition) is 1. The molecule has 1 aliphatic heterocycles. The number of carbonyl (C=O) groups excluding carboxylic acids is 3. The van der Waals surface area contributed by atoms with Gasteiger partial charge in [-0.2, -0.15) is 0 Å². The number of para-hydroxylation sites is 1. The lowest BCUT2D eigenvalue weighted by atomic mass is 10.0. The minimum Gasteiger partial charge on any atom is -0.496 e. The zero-order valence-electron chi connectivity index (χ0n) is 26.6. The molecule has 0 bridgehead atoms. The van der Waals surface area contributed by atoms with Gasteiger partial charge in [-0.05, 0) is 85.7 Å². The summed E-state index contributed by atoms with van der Waals surface area (Å²) in [7, 11) is 2.79. The first-order valence-corrected chi connectivity index (χ1v) is 16.1. The Morgan fingerprint density at radius 3 is 2.15 bits per heavy atom. The van der Waals surface area contributed by atoms with Crippen LogP contribution in [0.25, 0.3) is 11.1 Å². The number of ether oxygens (including phenoxy) is 2. The van der Waals surface area contributed by atoms with E-state index >= 15 is 0 Å². The van der Waals surface area contributed by atoms with Crippen LogP contribution in [0, 0.1) is 6.92 Å². The summed E-state index contributed by atoms with van der Waals surface area (Å²) < 4.78 is 10.9. The fourth-order valence-electron chi connectivity index (χ4n) is 5.78. The van der Waals surface area contributed by atoms with Crippen molar-refractivity contribution >= 4 is 50.7 Å². The number of nitrogens with one attached hydrogen (secondary N) is 1. The number of hydrogen-bond acceptors (Lipinski definition) is 7. The summed E-state index contributed by atoms with van der Waals surface area (Å²) in [5.74, 6) is -0.415. The first kappa shape index (κ1) is 32.8. The number of methoxy groups -OCH3 is 2. The maximum Gasteiger partial charge on any atom is 0.341 e. The highest BCUT2D eigenvalue weighted by Gasteiger charge is 2.24. The normalized spacial score (nSPS) is 12.8. The Morgan fingerprint density at radius 1 is 0.891 bits per heavy atom. The smallest absolute Gasteiger partial charge is 0.341 e.